The molecule has 0 fully saturated rings. The molecule has 0 bridgehead atoms. The molecule has 2 heterocycles. The highest BCUT2D eigenvalue weighted by molar-refractivity contribution is 5.90. The summed E-state index contributed by atoms with van der Waals surface area (Å²) in [6.45, 7) is 1.10. The molecule has 0 saturated carbocycles. The molecular weight excluding hydrogens is 318 g/mol. The monoisotopic (exact) mass is 341 g/mol. The van der Waals surface area contributed by atoms with Crippen LogP contribution in [0.3, 0.4) is 0 Å². The Morgan fingerprint density at radius 1 is 1.19 bits per heavy atom. The number of nitrogens with one attached hydrogen (secondary N) is 1. The summed E-state index contributed by atoms with van der Waals surface area (Å²) in [5.41, 5.74) is 5.27. The highest BCUT2D eigenvalue weighted by atomic mass is 15.0. The minimum Gasteiger partial charge on any atom is -0.355 e. The third-order valence-corrected chi connectivity index (χ3v) is 5.49. The van der Waals surface area contributed by atoms with E-state index in [2.05, 4.69) is 72.5 Å². The number of hydrogen-bond donors (Lipinski definition) is 1. The summed E-state index contributed by atoms with van der Waals surface area (Å²) in [6.07, 6.45) is 9.78. The van der Waals surface area contributed by atoms with Gasteiger partial charge in [0.25, 0.3) is 0 Å². The summed E-state index contributed by atoms with van der Waals surface area (Å²) in [7, 11) is 4.28. The zero-order chi connectivity index (χ0) is 17.7. The Morgan fingerprint density at radius 3 is 2.96 bits per heavy atom. The minimum absolute atomic E-state index is 0.995. The van der Waals surface area contributed by atoms with E-state index in [1.54, 1.807) is 0 Å². The van der Waals surface area contributed by atoms with Crippen LogP contribution in [-0.2, 0) is 12.8 Å². The fourth-order valence-electron chi connectivity index (χ4n) is 4.29. The summed E-state index contributed by atoms with van der Waals surface area (Å²) in [6, 6.07) is 10.8. The van der Waals surface area contributed by atoms with Crippen LogP contribution in [0.5, 0.6) is 0 Å². The maximum atomic E-state index is 4.95. The fraction of sp³-hybridized carbons (Fsp3) is 0.261. The predicted molar refractivity (Wildman–Crippen MR) is 107 cm³/mol. The van der Waals surface area contributed by atoms with Crippen LogP contribution >= 0.6 is 0 Å². The van der Waals surface area contributed by atoms with Gasteiger partial charge in [0.2, 0.25) is 0 Å². The molecule has 130 valence electrons. The van der Waals surface area contributed by atoms with Gasteiger partial charge in [-0.15, -0.1) is 0 Å². The van der Waals surface area contributed by atoms with Gasteiger partial charge in [0.05, 0.1) is 16.6 Å². The Labute approximate surface area is 152 Å². The molecule has 0 radical (unpaired) electrons. The van der Waals surface area contributed by atoms with Gasteiger partial charge in [0, 0.05) is 21.2 Å². The first-order chi connectivity index (χ1) is 12.7. The fourth-order valence-corrected chi connectivity index (χ4v) is 4.29. The van der Waals surface area contributed by atoms with Gasteiger partial charge >= 0.3 is 0 Å². The number of rotatable bonds is 4. The lowest BCUT2D eigenvalue weighted by Gasteiger charge is -2.11. The van der Waals surface area contributed by atoms with E-state index in [9.17, 15) is 0 Å². The average molecular weight is 341 g/mol. The molecule has 1 N–H and O–H groups in total. The lowest BCUT2D eigenvalue weighted by Crippen LogP contribution is -2.13. The van der Waals surface area contributed by atoms with Crippen LogP contribution in [0.15, 0.2) is 47.5 Å². The summed E-state index contributed by atoms with van der Waals surface area (Å²) in [5.74, 6) is 0. The van der Waals surface area contributed by atoms with Gasteiger partial charge in [-0.1, -0.05) is 30.4 Å². The van der Waals surface area contributed by atoms with Crippen molar-refractivity contribution in [2.45, 2.75) is 19.3 Å². The van der Waals surface area contributed by atoms with Gasteiger partial charge in [-0.25, -0.2) is 4.99 Å². The zero-order valence-electron chi connectivity index (χ0n) is 15.3. The normalized spacial score (nSPS) is 14.1. The van der Waals surface area contributed by atoms with Gasteiger partial charge in [-0.05, 0) is 69.2 Å². The quantitative estimate of drug-likeness (QED) is 0.608. The number of aromatic nitrogens is 1. The molecule has 2 aromatic carbocycles. The number of hydrogen-bond acceptors (Lipinski definition) is 2. The van der Waals surface area contributed by atoms with Crippen molar-refractivity contribution < 1.29 is 0 Å². The van der Waals surface area contributed by atoms with Crippen molar-refractivity contribution in [2.75, 3.05) is 20.6 Å². The van der Waals surface area contributed by atoms with Crippen molar-refractivity contribution in [3.8, 4) is 0 Å². The van der Waals surface area contributed by atoms with Crippen LogP contribution in [0, 0.1) is 10.4 Å². The van der Waals surface area contributed by atoms with Crippen molar-refractivity contribution in [3.63, 3.8) is 0 Å². The minimum atomic E-state index is 0.995. The van der Waals surface area contributed by atoms with E-state index >= 15 is 0 Å². The highest BCUT2D eigenvalue weighted by Gasteiger charge is 2.17. The second-order valence-corrected chi connectivity index (χ2v) is 7.52. The van der Waals surface area contributed by atoms with E-state index in [0.29, 0.717) is 0 Å². The average Bonchev–Trinajstić information content (AvgIpc) is 3.19. The summed E-state index contributed by atoms with van der Waals surface area (Å²) in [5, 5.41) is 6.31. The smallest absolute Gasteiger partial charge is 0.0726 e. The molecule has 26 heavy (non-hydrogen) atoms. The molecular formula is C23H23N3. The Bertz CT molecular complexity index is 1260. The Hall–Kier alpha value is -2.65. The maximum absolute atomic E-state index is 4.95. The van der Waals surface area contributed by atoms with Crippen LogP contribution in [0.2, 0.25) is 0 Å². The first-order valence-electron chi connectivity index (χ1n) is 9.38. The lowest BCUT2D eigenvalue weighted by molar-refractivity contribution is 0.400. The number of aryl methyl sites for hydroxylation is 1. The number of nitrogens with zero attached hydrogens (tertiary/aromatic N) is 2. The molecule has 3 heteroatoms. The number of aromatic amines is 1. The van der Waals surface area contributed by atoms with E-state index in [-0.39, 0.29) is 0 Å². The number of para-hydroxylation sites is 1. The third kappa shape index (κ3) is 2.35. The van der Waals surface area contributed by atoms with Crippen molar-refractivity contribution >= 4 is 22.7 Å². The van der Waals surface area contributed by atoms with Crippen LogP contribution in [-0.4, -0.2) is 30.5 Å². The van der Waals surface area contributed by atoms with Gasteiger partial charge < -0.3 is 9.88 Å². The molecule has 0 atom stereocenters. The SMILES string of the molecule is CN(C)CCCc1c2c(cc3c4c([nH]c13)=CC=CC4)N=c1ccccc1=2. The summed E-state index contributed by atoms with van der Waals surface area (Å²) >= 11 is 0. The molecule has 0 amide bonds. The largest absolute Gasteiger partial charge is 0.355 e. The molecule has 0 spiro atoms. The molecule has 3 aromatic rings. The first kappa shape index (κ1) is 15.6. The van der Waals surface area contributed by atoms with Crippen molar-refractivity contribution in [2.24, 2.45) is 4.99 Å². The van der Waals surface area contributed by atoms with Crippen LogP contribution < -0.4 is 10.7 Å². The van der Waals surface area contributed by atoms with Gasteiger partial charge in [-0.3, -0.25) is 0 Å². The zero-order valence-corrected chi connectivity index (χ0v) is 15.3. The molecule has 5 rings (SSSR count). The Morgan fingerprint density at radius 2 is 2.08 bits per heavy atom. The molecule has 0 saturated heterocycles. The van der Waals surface area contributed by atoms with Crippen LogP contribution in [0.4, 0.5) is 5.69 Å². The van der Waals surface area contributed by atoms with E-state index < -0.39 is 0 Å². The highest BCUT2D eigenvalue weighted by Crippen LogP contribution is 2.31. The first-order valence-corrected chi connectivity index (χ1v) is 9.38. The molecule has 1 aliphatic heterocycles. The number of fused-ring (bicyclic) bond motifs is 5. The second-order valence-electron chi connectivity index (χ2n) is 7.52. The summed E-state index contributed by atoms with van der Waals surface area (Å²) < 4.78 is 0. The predicted octanol–water partition coefficient (Wildman–Crippen LogP) is 3.11. The molecule has 2 aliphatic rings. The number of benzene rings is 2. The standard InChI is InChI=1S/C23H23N3/c1-26(2)13-7-10-17-22-16-9-4-6-12-20(16)24-21(22)14-18-15-8-3-5-11-19(15)25-23(17)18/h3-6,9,11-12,14,25H,7-8,10,13H2,1-2H3. The lowest BCUT2D eigenvalue weighted by atomic mass is 9.98. The maximum Gasteiger partial charge on any atom is 0.0726 e. The third-order valence-electron chi connectivity index (χ3n) is 5.49. The van der Waals surface area contributed by atoms with Crippen molar-refractivity contribution in [3.05, 3.63) is 74.8 Å². The topological polar surface area (TPSA) is 31.4 Å². The Kier molecular flexibility index (Phi) is 3.57. The van der Waals surface area contributed by atoms with E-state index in [4.69, 9.17) is 4.99 Å². The summed E-state index contributed by atoms with van der Waals surface area (Å²) in [4.78, 5) is 10.9. The Balaban J connectivity index is 1.84. The molecule has 3 nitrogen and oxygen atoms in total. The van der Waals surface area contributed by atoms with Gasteiger partial charge in [0.15, 0.2) is 0 Å². The van der Waals surface area contributed by atoms with Gasteiger partial charge in [-0.2, -0.15) is 0 Å². The van der Waals surface area contributed by atoms with Crippen molar-refractivity contribution in [1.82, 2.24) is 9.88 Å². The van der Waals surface area contributed by atoms with Gasteiger partial charge in [0.1, 0.15) is 0 Å². The second kappa shape index (κ2) is 5.96. The van der Waals surface area contributed by atoms with Crippen LogP contribution in [0.1, 0.15) is 17.5 Å². The van der Waals surface area contributed by atoms with E-state index in [1.807, 2.05) is 0 Å². The number of H-pyrrole nitrogens is 1. The van der Waals surface area contributed by atoms with Crippen molar-refractivity contribution in [1.29, 1.82) is 0 Å². The molecule has 1 aliphatic carbocycles. The van der Waals surface area contributed by atoms with E-state index in [1.165, 1.54) is 37.8 Å². The van der Waals surface area contributed by atoms with E-state index in [0.717, 1.165) is 36.9 Å². The molecule has 1 aromatic heterocycles. The number of allylic oxidation sites excluding steroid dienone is 2. The van der Waals surface area contributed by atoms with Crippen LogP contribution in [0.25, 0.3) is 17.0 Å². The molecule has 0 unspecified atom stereocenters.